The van der Waals surface area contributed by atoms with Crippen LogP contribution in [0.3, 0.4) is 0 Å². The maximum absolute atomic E-state index is 13.5. The summed E-state index contributed by atoms with van der Waals surface area (Å²) in [4.78, 5) is 0.313. The van der Waals surface area contributed by atoms with E-state index in [9.17, 15) is 8.42 Å². The van der Waals surface area contributed by atoms with E-state index in [1.807, 2.05) is 38.1 Å². The molecule has 7 nitrogen and oxygen atoms in total. The first-order valence-corrected chi connectivity index (χ1v) is 11.2. The third-order valence-corrected chi connectivity index (χ3v) is 8.13. The fourth-order valence-corrected chi connectivity index (χ4v) is 6.68. The Morgan fingerprint density at radius 3 is 2.75 bits per heavy atom. The average Bonchev–Trinajstić information content (AvgIpc) is 3.40. The lowest BCUT2D eigenvalue weighted by Crippen LogP contribution is -2.47. The number of sulfonamides is 1. The molecule has 2 heterocycles. The number of hydrogen-bond acceptors (Lipinski definition) is 5. The van der Waals surface area contributed by atoms with Gasteiger partial charge in [-0.3, -0.25) is 4.68 Å². The molecule has 0 radical (unpaired) electrons. The van der Waals surface area contributed by atoms with E-state index in [4.69, 9.17) is 9.47 Å². The number of aryl methyl sites for hydroxylation is 1. The molecule has 3 atom stereocenters. The standard InChI is InChI=1S/C20H27N3O4S/c1-4-22-14(2)20(12-21-22)28(24,25)23-16-9-8-15(10-16)19(23)13-27-18-7-5-6-17(11-18)26-3/h5-7,11-12,15-16,19H,4,8-10,13H2,1-3H3/t15-,16-,19+/m0/s1. The van der Waals surface area contributed by atoms with Crippen LogP contribution in [0.15, 0.2) is 35.4 Å². The van der Waals surface area contributed by atoms with Crippen molar-refractivity contribution in [2.24, 2.45) is 5.92 Å². The van der Waals surface area contributed by atoms with Crippen LogP contribution in [0.1, 0.15) is 31.9 Å². The third kappa shape index (κ3) is 3.18. The summed E-state index contributed by atoms with van der Waals surface area (Å²) < 4.78 is 41.6. The molecule has 2 aliphatic rings. The van der Waals surface area contributed by atoms with E-state index in [0.29, 0.717) is 35.4 Å². The highest BCUT2D eigenvalue weighted by molar-refractivity contribution is 7.89. The molecule has 152 valence electrons. The molecular formula is C20H27N3O4S. The van der Waals surface area contributed by atoms with Crippen LogP contribution in [0.25, 0.3) is 0 Å². The van der Waals surface area contributed by atoms with Crippen molar-refractivity contribution in [3.8, 4) is 11.5 Å². The Morgan fingerprint density at radius 1 is 1.25 bits per heavy atom. The van der Waals surface area contributed by atoms with Crippen molar-refractivity contribution >= 4 is 10.0 Å². The van der Waals surface area contributed by atoms with Crippen molar-refractivity contribution in [3.63, 3.8) is 0 Å². The molecule has 1 aliphatic carbocycles. The SMILES string of the molecule is CCn1ncc(S(=O)(=O)N2[C@H]3CC[C@@H](C3)[C@H]2COc2cccc(OC)c2)c1C. The quantitative estimate of drug-likeness (QED) is 0.708. The number of fused-ring (bicyclic) bond motifs is 2. The van der Waals surface area contributed by atoms with Gasteiger partial charge < -0.3 is 9.47 Å². The van der Waals surface area contributed by atoms with Crippen molar-refractivity contribution < 1.29 is 17.9 Å². The molecule has 0 spiro atoms. The third-order valence-electron chi connectivity index (χ3n) is 6.05. The second kappa shape index (κ2) is 7.40. The first-order chi connectivity index (χ1) is 13.5. The Kier molecular flexibility index (Phi) is 5.09. The second-order valence-electron chi connectivity index (χ2n) is 7.53. The zero-order chi connectivity index (χ0) is 19.9. The van der Waals surface area contributed by atoms with Crippen LogP contribution in [0, 0.1) is 12.8 Å². The first-order valence-electron chi connectivity index (χ1n) is 9.78. The van der Waals surface area contributed by atoms with E-state index in [1.54, 1.807) is 16.1 Å². The minimum atomic E-state index is -3.61. The Morgan fingerprint density at radius 2 is 2.04 bits per heavy atom. The molecule has 1 saturated carbocycles. The summed E-state index contributed by atoms with van der Waals surface area (Å²) in [5, 5.41) is 4.24. The predicted octanol–water partition coefficient (Wildman–Crippen LogP) is 2.84. The fourth-order valence-electron chi connectivity index (χ4n) is 4.62. The molecule has 0 unspecified atom stereocenters. The summed E-state index contributed by atoms with van der Waals surface area (Å²) in [6.45, 7) is 4.77. The monoisotopic (exact) mass is 405 g/mol. The first kappa shape index (κ1) is 19.3. The van der Waals surface area contributed by atoms with Gasteiger partial charge in [0.1, 0.15) is 23.0 Å². The van der Waals surface area contributed by atoms with Gasteiger partial charge in [-0.25, -0.2) is 8.42 Å². The number of hydrogen-bond donors (Lipinski definition) is 0. The molecule has 2 aromatic rings. The van der Waals surface area contributed by atoms with Crippen molar-refractivity contribution in [2.45, 2.75) is 56.6 Å². The van der Waals surface area contributed by atoms with Crippen LogP contribution in [-0.4, -0.2) is 48.3 Å². The fraction of sp³-hybridized carbons (Fsp3) is 0.550. The summed E-state index contributed by atoms with van der Waals surface area (Å²) in [6.07, 6.45) is 4.36. The van der Waals surface area contributed by atoms with Gasteiger partial charge in [0, 0.05) is 18.7 Å². The Labute approximate surface area is 166 Å². The van der Waals surface area contributed by atoms with Crippen LogP contribution in [0.2, 0.25) is 0 Å². The minimum absolute atomic E-state index is 0.0540. The van der Waals surface area contributed by atoms with Crippen LogP contribution >= 0.6 is 0 Å². The van der Waals surface area contributed by atoms with Gasteiger partial charge in [-0.2, -0.15) is 9.40 Å². The highest BCUT2D eigenvalue weighted by Crippen LogP contribution is 2.45. The molecular weight excluding hydrogens is 378 g/mol. The van der Waals surface area contributed by atoms with Gasteiger partial charge in [0.05, 0.1) is 25.0 Å². The maximum Gasteiger partial charge on any atom is 0.247 e. The summed E-state index contributed by atoms with van der Waals surface area (Å²) in [6, 6.07) is 7.31. The average molecular weight is 406 g/mol. The van der Waals surface area contributed by atoms with Crippen LogP contribution in [-0.2, 0) is 16.6 Å². The van der Waals surface area contributed by atoms with E-state index in [-0.39, 0.29) is 12.1 Å². The summed E-state index contributed by atoms with van der Waals surface area (Å²) in [7, 11) is -2.00. The highest BCUT2D eigenvalue weighted by atomic mass is 32.2. The minimum Gasteiger partial charge on any atom is -0.497 e. The van der Waals surface area contributed by atoms with Gasteiger partial charge in [-0.15, -0.1) is 0 Å². The molecule has 2 bridgehead atoms. The molecule has 0 amide bonds. The normalized spacial score (nSPS) is 24.6. The van der Waals surface area contributed by atoms with Crippen molar-refractivity contribution in [3.05, 3.63) is 36.2 Å². The zero-order valence-corrected chi connectivity index (χ0v) is 17.4. The van der Waals surface area contributed by atoms with Crippen LogP contribution < -0.4 is 9.47 Å². The van der Waals surface area contributed by atoms with E-state index in [1.165, 1.54) is 6.20 Å². The summed E-state index contributed by atoms with van der Waals surface area (Å²) >= 11 is 0. The molecule has 1 aromatic heterocycles. The molecule has 2 fully saturated rings. The number of nitrogens with zero attached hydrogens (tertiary/aromatic N) is 3. The lowest BCUT2D eigenvalue weighted by molar-refractivity contribution is 0.162. The predicted molar refractivity (Wildman–Crippen MR) is 105 cm³/mol. The van der Waals surface area contributed by atoms with Gasteiger partial charge in [0.15, 0.2) is 0 Å². The van der Waals surface area contributed by atoms with E-state index >= 15 is 0 Å². The summed E-state index contributed by atoms with van der Waals surface area (Å²) in [5.41, 5.74) is 0.692. The van der Waals surface area contributed by atoms with Gasteiger partial charge in [0.25, 0.3) is 0 Å². The molecule has 1 aromatic carbocycles. The van der Waals surface area contributed by atoms with Gasteiger partial charge in [-0.1, -0.05) is 6.07 Å². The Bertz CT molecular complexity index is 956. The second-order valence-corrected chi connectivity index (χ2v) is 9.34. The smallest absolute Gasteiger partial charge is 0.247 e. The van der Waals surface area contributed by atoms with E-state index in [0.717, 1.165) is 25.0 Å². The topological polar surface area (TPSA) is 73.7 Å². The number of ether oxygens (including phenoxy) is 2. The van der Waals surface area contributed by atoms with Gasteiger partial charge >= 0.3 is 0 Å². The van der Waals surface area contributed by atoms with Crippen molar-refractivity contribution in [1.29, 1.82) is 0 Å². The van der Waals surface area contributed by atoms with Crippen LogP contribution in [0.4, 0.5) is 0 Å². The van der Waals surface area contributed by atoms with Gasteiger partial charge in [-0.05, 0) is 51.2 Å². The number of aromatic nitrogens is 2. The Hall–Kier alpha value is -2.06. The van der Waals surface area contributed by atoms with E-state index in [2.05, 4.69) is 5.10 Å². The number of piperidine rings is 1. The molecule has 28 heavy (non-hydrogen) atoms. The zero-order valence-electron chi connectivity index (χ0n) is 16.5. The van der Waals surface area contributed by atoms with Gasteiger partial charge in [0.2, 0.25) is 10.0 Å². The molecule has 8 heteroatoms. The number of methoxy groups -OCH3 is 1. The van der Waals surface area contributed by atoms with Crippen LogP contribution in [0.5, 0.6) is 11.5 Å². The number of rotatable bonds is 7. The number of benzene rings is 1. The molecule has 4 rings (SSSR count). The van der Waals surface area contributed by atoms with Crippen molar-refractivity contribution in [1.82, 2.24) is 14.1 Å². The van der Waals surface area contributed by atoms with E-state index < -0.39 is 10.0 Å². The molecule has 1 aliphatic heterocycles. The summed E-state index contributed by atoms with van der Waals surface area (Å²) in [5.74, 6) is 1.75. The highest BCUT2D eigenvalue weighted by Gasteiger charge is 2.52. The molecule has 1 saturated heterocycles. The largest absolute Gasteiger partial charge is 0.497 e. The lowest BCUT2D eigenvalue weighted by atomic mass is 10.0. The van der Waals surface area contributed by atoms with Crippen molar-refractivity contribution in [2.75, 3.05) is 13.7 Å². The maximum atomic E-state index is 13.5. The Balaban J connectivity index is 1.59. The lowest BCUT2D eigenvalue weighted by Gasteiger charge is -2.34. The molecule has 0 N–H and O–H groups in total.